The summed E-state index contributed by atoms with van der Waals surface area (Å²) in [5.74, 6) is 1.38. The van der Waals surface area contributed by atoms with Crippen LogP contribution in [0.2, 0.25) is 0 Å². The molecule has 0 N–H and O–H groups in total. The second kappa shape index (κ2) is 17.9. The second-order valence-electron chi connectivity index (χ2n) is 18.1. The summed E-state index contributed by atoms with van der Waals surface area (Å²) in [6.07, 6.45) is 0. The van der Waals surface area contributed by atoms with Gasteiger partial charge in [0.15, 0.2) is 23.2 Å². The van der Waals surface area contributed by atoms with Crippen LogP contribution in [0.4, 0.5) is 5.69 Å². The van der Waals surface area contributed by atoms with E-state index in [4.69, 9.17) is 21.5 Å². The third-order valence-corrected chi connectivity index (χ3v) is 13.9. The van der Waals surface area contributed by atoms with Gasteiger partial charge >= 0.3 is 0 Å². The minimum atomic E-state index is 0.453. The maximum atomic E-state index is 10.3. The lowest BCUT2D eigenvalue weighted by Gasteiger charge is -2.18. The number of aromatic nitrogens is 5. The molecule has 0 unspecified atom stereocenters. The van der Waals surface area contributed by atoms with E-state index >= 15 is 0 Å². The standard InChI is InChI=1S/C66H38N8/c1-69-57-21-9-4-16-50(57)47-35-37-56(63(39-47)74-60-24-12-7-19-53(60)54-20-8-13-25-61(54)74)66-71-64(45-32-30-44(31-33-45)43-28-26-42(40-67)27-29-43)70-65(72-66)55-36-34-46(49-15-3-2-14-48(49)41-68)38-62(55)73-58-22-10-5-17-51(58)52-18-6-11-23-59(52)73/h2-39H. The van der Waals surface area contributed by atoms with Crippen LogP contribution >= 0.6 is 0 Å². The molecule has 0 aliphatic rings. The van der Waals surface area contributed by atoms with Crippen LogP contribution in [0.5, 0.6) is 0 Å². The maximum absolute atomic E-state index is 10.3. The van der Waals surface area contributed by atoms with Crippen molar-refractivity contribution in [2.45, 2.75) is 0 Å². The lowest BCUT2D eigenvalue weighted by molar-refractivity contribution is 1.06. The number of nitriles is 2. The predicted octanol–water partition coefficient (Wildman–Crippen LogP) is 16.4. The number of nitrogens with zero attached hydrogens (tertiary/aromatic N) is 8. The van der Waals surface area contributed by atoms with Gasteiger partial charge in [0.05, 0.1) is 63.3 Å². The van der Waals surface area contributed by atoms with Crippen molar-refractivity contribution in [3.8, 4) is 91.1 Å². The number of hydrogen-bond acceptors (Lipinski definition) is 5. The van der Waals surface area contributed by atoms with Crippen LogP contribution in [0.25, 0.3) is 127 Å². The Morgan fingerprint density at radius 1 is 0.351 bits per heavy atom. The fraction of sp³-hybridized carbons (Fsp3) is 0. The molecule has 0 aliphatic carbocycles. The largest absolute Gasteiger partial charge is 0.308 e. The Morgan fingerprint density at radius 3 is 1.23 bits per heavy atom. The molecule has 0 radical (unpaired) electrons. The van der Waals surface area contributed by atoms with Crippen LogP contribution in [0, 0.1) is 29.2 Å². The van der Waals surface area contributed by atoms with Crippen LogP contribution in [0.15, 0.2) is 231 Å². The summed E-state index contributed by atoms with van der Waals surface area (Å²) >= 11 is 0. The zero-order valence-electron chi connectivity index (χ0n) is 39.5. The van der Waals surface area contributed by atoms with Crippen molar-refractivity contribution >= 4 is 49.3 Å². The quantitative estimate of drug-likeness (QED) is 0.141. The molecular weight excluding hydrogens is 905 g/mol. The second-order valence-corrected chi connectivity index (χ2v) is 18.1. The average Bonchev–Trinajstić information content (AvgIpc) is 4.00. The summed E-state index contributed by atoms with van der Waals surface area (Å²) in [5.41, 5.74) is 15.1. The van der Waals surface area contributed by atoms with Gasteiger partial charge in [-0.2, -0.15) is 10.5 Å². The van der Waals surface area contributed by atoms with Crippen molar-refractivity contribution in [3.63, 3.8) is 0 Å². The Labute approximate surface area is 426 Å². The van der Waals surface area contributed by atoms with Crippen molar-refractivity contribution in [1.29, 1.82) is 10.5 Å². The molecule has 0 saturated heterocycles. The van der Waals surface area contributed by atoms with Crippen molar-refractivity contribution in [3.05, 3.63) is 253 Å². The van der Waals surface area contributed by atoms with Gasteiger partial charge in [0.2, 0.25) is 0 Å². The highest BCUT2D eigenvalue weighted by Crippen LogP contribution is 2.42. The molecule has 0 atom stereocenters. The minimum Gasteiger partial charge on any atom is -0.308 e. The molecular formula is C66H38N8. The summed E-state index contributed by atoms with van der Waals surface area (Å²) in [4.78, 5) is 20.3. The molecule has 0 saturated carbocycles. The van der Waals surface area contributed by atoms with Crippen LogP contribution in [-0.4, -0.2) is 24.1 Å². The zero-order chi connectivity index (χ0) is 49.7. The van der Waals surface area contributed by atoms with E-state index in [0.717, 1.165) is 105 Å². The molecule has 0 spiro atoms. The minimum absolute atomic E-state index is 0.453. The molecule has 0 fully saturated rings. The number of fused-ring (bicyclic) bond motifs is 6. The first-order valence-electron chi connectivity index (χ1n) is 24.2. The SMILES string of the molecule is [C-]#[N+]c1ccccc1-c1ccc(-c2nc(-c3ccc(-c4ccc(C#N)cc4)cc3)nc(-c3ccc(-c4ccccc4C#N)cc3-n3c4ccccc4c4ccccc43)n2)c(-n2c3ccccc3c3ccccc32)c1. The Kier molecular flexibility index (Phi) is 10.5. The fourth-order valence-corrected chi connectivity index (χ4v) is 10.5. The monoisotopic (exact) mass is 942 g/mol. The van der Waals surface area contributed by atoms with Crippen molar-refractivity contribution in [2.75, 3.05) is 0 Å². The molecule has 0 bridgehead atoms. The van der Waals surface area contributed by atoms with Crippen molar-refractivity contribution in [1.82, 2.24) is 24.1 Å². The lowest BCUT2D eigenvalue weighted by atomic mass is 9.97. The van der Waals surface area contributed by atoms with Gasteiger partial charge in [-0.25, -0.2) is 19.8 Å². The van der Waals surface area contributed by atoms with E-state index in [1.807, 2.05) is 91.0 Å². The van der Waals surface area contributed by atoms with Crippen LogP contribution in [0.3, 0.4) is 0 Å². The van der Waals surface area contributed by atoms with E-state index in [1.165, 1.54) is 0 Å². The van der Waals surface area contributed by atoms with Crippen LogP contribution in [0.1, 0.15) is 11.1 Å². The molecule has 13 rings (SSSR count). The molecule has 13 aromatic rings. The van der Waals surface area contributed by atoms with Crippen LogP contribution in [-0.2, 0) is 0 Å². The highest BCUT2D eigenvalue weighted by molar-refractivity contribution is 6.11. The van der Waals surface area contributed by atoms with E-state index in [-0.39, 0.29) is 0 Å². The third-order valence-electron chi connectivity index (χ3n) is 13.9. The summed E-state index contributed by atoms with van der Waals surface area (Å²) in [6.45, 7) is 8.11. The number of benzene rings is 10. The number of hydrogen-bond donors (Lipinski definition) is 0. The number of rotatable bonds is 8. The summed E-state index contributed by atoms with van der Waals surface area (Å²) in [5, 5.41) is 24.2. The molecule has 0 aliphatic heterocycles. The van der Waals surface area contributed by atoms with Gasteiger partial charge in [-0.3, -0.25) is 0 Å². The average molecular weight is 943 g/mol. The van der Waals surface area contributed by atoms with Crippen LogP contribution < -0.4 is 0 Å². The fourth-order valence-electron chi connectivity index (χ4n) is 10.5. The summed E-state index contributed by atoms with van der Waals surface area (Å²) in [7, 11) is 0. The van der Waals surface area contributed by atoms with Gasteiger partial charge in [-0.05, 0) is 100 Å². The highest BCUT2D eigenvalue weighted by Gasteiger charge is 2.24. The van der Waals surface area contributed by atoms with Gasteiger partial charge < -0.3 is 9.13 Å². The van der Waals surface area contributed by atoms with E-state index in [1.54, 1.807) is 0 Å². The molecule has 0 amide bonds. The van der Waals surface area contributed by atoms with Gasteiger partial charge in [0.1, 0.15) is 0 Å². The molecule has 10 aromatic carbocycles. The third kappa shape index (κ3) is 7.25. The summed E-state index contributed by atoms with van der Waals surface area (Å²) < 4.78 is 4.56. The van der Waals surface area contributed by atoms with Gasteiger partial charge in [-0.1, -0.05) is 164 Å². The van der Waals surface area contributed by atoms with Crippen molar-refractivity contribution in [2.24, 2.45) is 0 Å². The van der Waals surface area contributed by atoms with Gasteiger partial charge in [0.25, 0.3) is 0 Å². The molecule has 3 heterocycles. The van der Waals surface area contributed by atoms with Gasteiger partial charge in [0, 0.05) is 38.2 Å². The number of para-hydroxylation sites is 5. The first kappa shape index (κ1) is 43.3. The molecule has 342 valence electrons. The van der Waals surface area contributed by atoms with E-state index in [0.29, 0.717) is 34.3 Å². The zero-order valence-corrected chi connectivity index (χ0v) is 39.5. The molecule has 8 nitrogen and oxygen atoms in total. The Hall–Kier alpha value is -10.7. The summed E-state index contributed by atoms with van der Waals surface area (Å²) in [6, 6.07) is 82.0. The van der Waals surface area contributed by atoms with Crippen molar-refractivity contribution < 1.29 is 0 Å². The Balaban J connectivity index is 1.11. The molecule has 3 aromatic heterocycles. The normalized spacial score (nSPS) is 11.2. The first-order chi connectivity index (χ1) is 36.6. The van der Waals surface area contributed by atoms with E-state index in [2.05, 4.69) is 166 Å². The Bertz CT molecular complexity index is 4180. The predicted molar refractivity (Wildman–Crippen MR) is 297 cm³/mol. The molecule has 8 heteroatoms. The smallest absolute Gasteiger partial charge is 0.194 e. The first-order valence-corrected chi connectivity index (χ1v) is 24.2. The van der Waals surface area contributed by atoms with Gasteiger partial charge in [-0.15, -0.1) is 0 Å². The topological polar surface area (TPSA) is 100 Å². The lowest BCUT2D eigenvalue weighted by Crippen LogP contribution is -2.06. The maximum Gasteiger partial charge on any atom is 0.194 e. The van der Waals surface area contributed by atoms with E-state index in [9.17, 15) is 10.5 Å². The van der Waals surface area contributed by atoms with E-state index < -0.39 is 0 Å². The Morgan fingerprint density at radius 2 is 0.743 bits per heavy atom. The highest BCUT2D eigenvalue weighted by atomic mass is 15.1. The molecule has 74 heavy (non-hydrogen) atoms.